The van der Waals surface area contributed by atoms with Crippen LogP contribution in [0.25, 0.3) is 0 Å². The van der Waals surface area contributed by atoms with Gasteiger partial charge in [0.2, 0.25) is 0 Å². The highest BCUT2D eigenvalue weighted by molar-refractivity contribution is 5.48. The van der Waals surface area contributed by atoms with E-state index in [-0.39, 0.29) is 5.92 Å². The first-order valence-corrected chi connectivity index (χ1v) is 8.62. The number of benzene rings is 2. The lowest BCUT2D eigenvalue weighted by molar-refractivity contribution is 0.453. The molecule has 2 atom stereocenters. The Hall–Kier alpha value is -1.80. The first kappa shape index (κ1) is 17.6. The van der Waals surface area contributed by atoms with Crippen molar-refractivity contribution in [1.29, 1.82) is 0 Å². The molecule has 0 fully saturated rings. The van der Waals surface area contributed by atoms with Gasteiger partial charge in [0.05, 0.1) is 0 Å². The van der Waals surface area contributed by atoms with Gasteiger partial charge in [-0.25, -0.2) is 0 Å². The van der Waals surface area contributed by atoms with Crippen molar-refractivity contribution in [2.75, 3.05) is 6.54 Å². The first-order valence-electron chi connectivity index (χ1n) is 8.62. The summed E-state index contributed by atoms with van der Waals surface area (Å²) in [5.41, 5.74) is 4.41. The lowest BCUT2D eigenvalue weighted by atomic mass is 9.86. The number of aryl methyl sites for hydroxylation is 1. The lowest BCUT2D eigenvalue weighted by Gasteiger charge is -2.22. The van der Waals surface area contributed by atoms with E-state index in [1.807, 2.05) is 19.9 Å². The van der Waals surface area contributed by atoms with Gasteiger partial charge in [-0.1, -0.05) is 49.4 Å². The molecule has 2 aromatic rings. The molecule has 0 heterocycles. The molecule has 0 aliphatic heterocycles. The second-order valence-electron chi connectivity index (χ2n) is 6.46. The fraction of sp³-hybridized carbons (Fsp3) is 0.429. The molecule has 2 aromatic carbocycles. The minimum atomic E-state index is 0.215. The average molecular weight is 311 g/mol. The summed E-state index contributed by atoms with van der Waals surface area (Å²) >= 11 is 0. The van der Waals surface area contributed by atoms with Crippen molar-refractivity contribution >= 4 is 0 Å². The van der Waals surface area contributed by atoms with E-state index < -0.39 is 0 Å². The predicted octanol–water partition coefficient (Wildman–Crippen LogP) is 4.92. The molecule has 23 heavy (non-hydrogen) atoms. The van der Waals surface area contributed by atoms with Crippen LogP contribution in [-0.4, -0.2) is 17.7 Å². The molecular weight excluding hydrogens is 282 g/mol. The molecule has 0 bridgehead atoms. The quantitative estimate of drug-likeness (QED) is 0.760. The smallest absolute Gasteiger partial charge is 0.122 e. The van der Waals surface area contributed by atoms with Crippen LogP contribution in [0.3, 0.4) is 0 Å². The second kappa shape index (κ2) is 8.16. The van der Waals surface area contributed by atoms with E-state index in [1.165, 1.54) is 5.56 Å². The molecular formula is C21H29NO. The first-order chi connectivity index (χ1) is 11.0. The van der Waals surface area contributed by atoms with Crippen molar-refractivity contribution in [1.82, 2.24) is 5.32 Å². The van der Waals surface area contributed by atoms with Gasteiger partial charge in [-0.3, -0.25) is 0 Å². The summed E-state index contributed by atoms with van der Waals surface area (Å²) in [4.78, 5) is 0. The molecule has 2 rings (SSSR count). The van der Waals surface area contributed by atoms with Crippen LogP contribution in [0.4, 0.5) is 0 Å². The van der Waals surface area contributed by atoms with E-state index >= 15 is 0 Å². The number of rotatable bonds is 7. The standard InChI is InChI=1S/C21H29NO/c1-5-16(3)22-14-13-19(18-9-7-6-8-10-18)20-12-11-15(2)17(4)21(20)23/h6-12,16,19,22-23H,5,13-14H2,1-4H3/t16-,19+/m1/s1. The Morgan fingerprint density at radius 2 is 1.74 bits per heavy atom. The Kier molecular flexibility index (Phi) is 6.23. The summed E-state index contributed by atoms with van der Waals surface area (Å²) in [5, 5.41) is 14.2. The molecule has 0 radical (unpaired) electrons. The zero-order valence-corrected chi connectivity index (χ0v) is 14.8. The molecule has 0 amide bonds. The minimum absolute atomic E-state index is 0.215. The minimum Gasteiger partial charge on any atom is -0.507 e. The molecule has 2 N–H and O–H groups in total. The zero-order chi connectivity index (χ0) is 16.8. The van der Waals surface area contributed by atoms with Crippen molar-refractivity contribution < 1.29 is 5.11 Å². The topological polar surface area (TPSA) is 32.3 Å². The maximum absolute atomic E-state index is 10.6. The van der Waals surface area contributed by atoms with Crippen molar-refractivity contribution in [2.45, 2.75) is 52.5 Å². The molecule has 0 saturated heterocycles. The highest BCUT2D eigenvalue weighted by Crippen LogP contribution is 2.36. The van der Waals surface area contributed by atoms with E-state index in [1.54, 1.807) is 0 Å². The maximum Gasteiger partial charge on any atom is 0.122 e. The number of aromatic hydroxyl groups is 1. The van der Waals surface area contributed by atoms with Crippen LogP contribution in [0.15, 0.2) is 42.5 Å². The van der Waals surface area contributed by atoms with E-state index in [0.717, 1.165) is 36.1 Å². The van der Waals surface area contributed by atoms with Crippen LogP contribution < -0.4 is 5.32 Å². The Bertz CT molecular complexity index is 621. The average Bonchev–Trinajstić information content (AvgIpc) is 2.58. The highest BCUT2D eigenvalue weighted by atomic mass is 16.3. The summed E-state index contributed by atoms with van der Waals surface area (Å²) in [6, 6.07) is 15.2. The van der Waals surface area contributed by atoms with Crippen LogP contribution in [-0.2, 0) is 0 Å². The van der Waals surface area contributed by atoms with Crippen molar-refractivity contribution in [3.05, 3.63) is 64.7 Å². The fourth-order valence-corrected chi connectivity index (χ4v) is 2.91. The maximum atomic E-state index is 10.6. The summed E-state index contributed by atoms with van der Waals surface area (Å²) < 4.78 is 0. The van der Waals surface area contributed by atoms with E-state index in [9.17, 15) is 5.11 Å². The van der Waals surface area contributed by atoms with Gasteiger partial charge in [-0.05, 0) is 56.8 Å². The van der Waals surface area contributed by atoms with Crippen molar-refractivity contribution in [2.24, 2.45) is 0 Å². The summed E-state index contributed by atoms with van der Waals surface area (Å²) in [7, 11) is 0. The molecule has 124 valence electrons. The van der Waals surface area contributed by atoms with Gasteiger partial charge in [0.15, 0.2) is 0 Å². The van der Waals surface area contributed by atoms with E-state index in [0.29, 0.717) is 11.8 Å². The van der Waals surface area contributed by atoms with Gasteiger partial charge in [0, 0.05) is 17.5 Å². The van der Waals surface area contributed by atoms with Gasteiger partial charge in [-0.2, -0.15) is 0 Å². The van der Waals surface area contributed by atoms with E-state index in [2.05, 4.69) is 55.6 Å². The largest absolute Gasteiger partial charge is 0.507 e. The van der Waals surface area contributed by atoms with Gasteiger partial charge < -0.3 is 10.4 Å². The molecule has 0 aliphatic carbocycles. The number of hydrogen-bond acceptors (Lipinski definition) is 2. The summed E-state index contributed by atoms with van der Waals surface area (Å²) in [5.74, 6) is 0.662. The summed E-state index contributed by atoms with van der Waals surface area (Å²) in [6.07, 6.45) is 2.11. The van der Waals surface area contributed by atoms with E-state index in [4.69, 9.17) is 0 Å². The van der Waals surface area contributed by atoms with Crippen LogP contribution in [0, 0.1) is 13.8 Å². The molecule has 0 aromatic heterocycles. The van der Waals surface area contributed by atoms with Crippen LogP contribution in [0.5, 0.6) is 5.75 Å². The van der Waals surface area contributed by atoms with Gasteiger partial charge in [-0.15, -0.1) is 0 Å². The fourth-order valence-electron chi connectivity index (χ4n) is 2.91. The second-order valence-corrected chi connectivity index (χ2v) is 6.46. The van der Waals surface area contributed by atoms with Gasteiger partial charge >= 0.3 is 0 Å². The highest BCUT2D eigenvalue weighted by Gasteiger charge is 2.19. The number of phenolic OH excluding ortho intramolecular Hbond substituents is 1. The van der Waals surface area contributed by atoms with Gasteiger partial charge in [0.1, 0.15) is 5.75 Å². The third-order valence-corrected chi connectivity index (χ3v) is 4.85. The third kappa shape index (κ3) is 4.35. The monoisotopic (exact) mass is 311 g/mol. The van der Waals surface area contributed by atoms with Gasteiger partial charge in [0.25, 0.3) is 0 Å². The van der Waals surface area contributed by atoms with Crippen molar-refractivity contribution in [3.8, 4) is 5.75 Å². The predicted molar refractivity (Wildman–Crippen MR) is 98.2 cm³/mol. The van der Waals surface area contributed by atoms with Crippen molar-refractivity contribution in [3.63, 3.8) is 0 Å². The Balaban J connectivity index is 2.29. The molecule has 0 unspecified atom stereocenters. The number of phenols is 1. The Morgan fingerprint density at radius 3 is 2.39 bits per heavy atom. The molecule has 0 spiro atoms. The Labute approximate surface area is 140 Å². The number of nitrogens with one attached hydrogen (secondary N) is 1. The summed E-state index contributed by atoms with van der Waals surface area (Å²) in [6.45, 7) is 9.39. The molecule has 2 heteroatoms. The third-order valence-electron chi connectivity index (χ3n) is 4.85. The zero-order valence-electron chi connectivity index (χ0n) is 14.8. The normalized spacial score (nSPS) is 13.7. The van der Waals surface area contributed by atoms with Crippen LogP contribution >= 0.6 is 0 Å². The molecule has 0 saturated carbocycles. The van der Waals surface area contributed by atoms with Crippen LogP contribution in [0.2, 0.25) is 0 Å². The molecule has 2 nitrogen and oxygen atoms in total. The Morgan fingerprint density at radius 1 is 1.04 bits per heavy atom. The number of hydrogen-bond donors (Lipinski definition) is 2. The SMILES string of the molecule is CC[C@@H](C)NCC[C@@H](c1ccccc1)c1ccc(C)c(C)c1O. The lowest BCUT2D eigenvalue weighted by Crippen LogP contribution is -2.27. The molecule has 0 aliphatic rings. The van der Waals surface area contributed by atoms with Crippen LogP contribution in [0.1, 0.15) is 54.9 Å².